The van der Waals surface area contributed by atoms with Gasteiger partial charge in [0.05, 0.1) is 0 Å². The van der Waals surface area contributed by atoms with Crippen LogP contribution >= 0.6 is 0 Å². The first kappa shape index (κ1) is 14.3. The van der Waals surface area contributed by atoms with Gasteiger partial charge < -0.3 is 5.32 Å². The highest BCUT2D eigenvalue weighted by Gasteiger charge is 2.19. The molecular weight excluding hydrogens is 237 g/mol. The fourth-order valence-electron chi connectivity index (χ4n) is 3.12. The summed E-state index contributed by atoms with van der Waals surface area (Å²) < 4.78 is 13.7. The highest BCUT2D eigenvalue weighted by molar-refractivity contribution is 5.20. The molecule has 3 atom stereocenters. The van der Waals surface area contributed by atoms with E-state index in [-0.39, 0.29) is 11.9 Å². The molecule has 1 aromatic rings. The summed E-state index contributed by atoms with van der Waals surface area (Å²) >= 11 is 0. The minimum atomic E-state index is -0.115. The predicted molar refractivity (Wildman–Crippen MR) is 78.5 cm³/mol. The van der Waals surface area contributed by atoms with Crippen molar-refractivity contribution in [2.24, 2.45) is 11.8 Å². The van der Waals surface area contributed by atoms with Crippen molar-refractivity contribution >= 4 is 0 Å². The van der Waals surface area contributed by atoms with Crippen LogP contribution in [0, 0.1) is 17.7 Å². The molecule has 1 N–H and O–H groups in total. The Labute approximate surface area is 115 Å². The Morgan fingerprint density at radius 2 is 2.11 bits per heavy atom. The van der Waals surface area contributed by atoms with Gasteiger partial charge in [-0.3, -0.25) is 0 Å². The minimum absolute atomic E-state index is 0.0720. The summed E-state index contributed by atoms with van der Waals surface area (Å²) in [6.45, 7) is 7.48. The number of allylic oxidation sites excluding steroid dienone is 2. The second-order valence-corrected chi connectivity index (χ2v) is 5.95. The average molecular weight is 261 g/mol. The van der Waals surface area contributed by atoms with E-state index in [9.17, 15) is 4.39 Å². The van der Waals surface area contributed by atoms with Crippen LogP contribution in [0.15, 0.2) is 35.9 Å². The Balaban J connectivity index is 1.89. The van der Waals surface area contributed by atoms with Gasteiger partial charge in [-0.05, 0) is 51.1 Å². The van der Waals surface area contributed by atoms with Crippen LogP contribution in [0.25, 0.3) is 0 Å². The van der Waals surface area contributed by atoms with Crippen molar-refractivity contribution in [1.29, 1.82) is 0 Å². The van der Waals surface area contributed by atoms with Crippen LogP contribution in [0.5, 0.6) is 0 Å². The van der Waals surface area contributed by atoms with Gasteiger partial charge in [0.2, 0.25) is 0 Å². The molecule has 1 aliphatic rings. The van der Waals surface area contributed by atoms with Gasteiger partial charge in [0.15, 0.2) is 0 Å². The molecule has 2 rings (SSSR count). The summed E-state index contributed by atoms with van der Waals surface area (Å²) in [5.74, 6) is 1.23. The van der Waals surface area contributed by atoms with Crippen LogP contribution in [-0.2, 0) is 0 Å². The molecule has 3 unspecified atom stereocenters. The van der Waals surface area contributed by atoms with Gasteiger partial charge in [0.25, 0.3) is 0 Å². The third kappa shape index (κ3) is 3.90. The van der Waals surface area contributed by atoms with Crippen LogP contribution in [0.3, 0.4) is 0 Å². The Hall–Kier alpha value is -1.15. The van der Waals surface area contributed by atoms with E-state index in [1.807, 2.05) is 19.1 Å². The Kier molecular flexibility index (Phi) is 4.76. The molecule has 0 heterocycles. The van der Waals surface area contributed by atoms with Crippen molar-refractivity contribution in [1.82, 2.24) is 5.32 Å². The molecule has 0 bridgehead atoms. The second kappa shape index (κ2) is 6.33. The largest absolute Gasteiger partial charge is 0.310 e. The lowest BCUT2D eigenvalue weighted by Gasteiger charge is -2.27. The van der Waals surface area contributed by atoms with E-state index in [1.165, 1.54) is 24.5 Å². The van der Waals surface area contributed by atoms with E-state index in [1.54, 1.807) is 6.07 Å². The van der Waals surface area contributed by atoms with Gasteiger partial charge in [0.1, 0.15) is 5.82 Å². The highest BCUT2D eigenvalue weighted by Crippen LogP contribution is 2.28. The van der Waals surface area contributed by atoms with Crippen molar-refractivity contribution in [3.05, 3.63) is 47.3 Å². The van der Waals surface area contributed by atoms with Gasteiger partial charge in [-0.1, -0.05) is 36.8 Å². The van der Waals surface area contributed by atoms with Gasteiger partial charge in [-0.15, -0.1) is 0 Å². The molecule has 0 saturated heterocycles. The summed E-state index contributed by atoms with van der Waals surface area (Å²) in [7, 11) is 0. The van der Waals surface area contributed by atoms with Crippen molar-refractivity contribution in [2.45, 2.75) is 39.7 Å². The molecule has 2 heteroatoms. The molecule has 0 radical (unpaired) electrons. The van der Waals surface area contributed by atoms with Crippen molar-refractivity contribution in [3.63, 3.8) is 0 Å². The number of halogens is 1. The van der Waals surface area contributed by atoms with E-state index in [2.05, 4.69) is 25.2 Å². The maximum Gasteiger partial charge on any atom is 0.127 e. The van der Waals surface area contributed by atoms with Crippen molar-refractivity contribution in [2.75, 3.05) is 6.54 Å². The summed E-state index contributed by atoms with van der Waals surface area (Å²) in [5.41, 5.74) is 2.25. The first-order chi connectivity index (χ1) is 9.06. The molecule has 0 amide bonds. The van der Waals surface area contributed by atoms with Crippen LogP contribution < -0.4 is 5.32 Å². The van der Waals surface area contributed by atoms with E-state index in [0.717, 1.165) is 12.1 Å². The van der Waals surface area contributed by atoms with Crippen LogP contribution in [0.1, 0.15) is 45.2 Å². The number of rotatable bonds is 4. The predicted octanol–water partition coefficient (Wildman–Crippen LogP) is 4.47. The SMILES string of the molecule is CC1=CC(C)CC(CNC(C)c2ccccc2F)C1. The monoisotopic (exact) mass is 261 g/mol. The number of hydrogen-bond acceptors (Lipinski definition) is 1. The Morgan fingerprint density at radius 1 is 1.37 bits per heavy atom. The number of benzene rings is 1. The molecule has 0 spiro atoms. The maximum atomic E-state index is 13.7. The van der Waals surface area contributed by atoms with Gasteiger partial charge >= 0.3 is 0 Å². The van der Waals surface area contributed by atoms with E-state index < -0.39 is 0 Å². The van der Waals surface area contributed by atoms with E-state index in [4.69, 9.17) is 0 Å². The third-order valence-corrected chi connectivity index (χ3v) is 3.97. The molecule has 104 valence electrons. The van der Waals surface area contributed by atoms with Gasteiger partial charge in [-0.2, -0.15) is 0 Å². The molecular formula is C17H24FN. The normalized spacial score (nSPS) is 24.9. The molecule has 0 fully saturated rings. The lowest BCUT2D eigenvalue weighted by Crippen LogP contribution is -2.28. The van der Waals surface area contributed by atoms with Crippen LogP contribution in [0.2, 0.25) is 0 Å². The summed E-state index contributed by atoms with van der Waals surface area (Å²) in [4.78, 5) is 0. The Bertz CT molecular complexity index is 452. The summed E-state index contributed by atoms with van der Waals surface area (Å²) in [6, 6.07) is 7.10. The average Bonchev–Trinajstić information content (AvgIpc) is 2.35. The molecule has 0 aromatic heterocycles. The zero-order valence-electron chi connectivity index (χ0n) is 12.1. The highest BCUT2D eigenvalue weighted by atomic mass is 19.1. The van der Waals surface area contributed by atoms with E-state index >= 15 is 0 Å². The minimum Gasteiger partial charge on any atom is -0.310 e. The standard InChI is InChI=1S/C17H24FN/c1-12-8-13(2)10-15(9-12)11-19-14(3)16-6-4-5-7-17(16)18/h4-8,12,14-15,19H,9-11H2,1-3H3. The third-order valence-electron chi connectivity index (χ3n) is 3.97. The Morgan fingerprint density at radius 3 is 2.79 bits per heavy atom. The zero-order chi connectivity index (χ0) is 13.8. The van der Waals surface area contributed by atoms with Gasteiger partial charge in [0, 0.05) is 11.6 Å². The zero-order valence-corrected chi connectivity index (χ0v) is 12.1. The fourth-order valence-corrected chi connectivity index (χ4v) is 3.12. The molecule has 19 heavy (non-hydrogen) atoms. The molecule has 1 aliphatic carbocycles. The maximum absolute atomic E-state index is 13.7. The first-order valence-electron chi connectivity index (χ1n) is 7.21. The smallest absolute Gasteiger partial charge is 0.127 e. The molecule has 0 aliphatic heterocycles. The topological polar surface area (TPSA) is 12.0 Å². The summed E-state index contributed by atoms with van der Waals surface area (Å²) in [6.07, 6.45) is 4.77. The molecule has 1 aromatic carbocycles. The lowest BCUT2D eigenvalue weighted by atomic mass is 9.83. The first-order valence-corrected chi connectivity index (χ1v) is 7.21. The fraction of sp³-hybridized carbons (Fsp3) is 0.529. The van der Waals surface area contributed by atoms with Crippen molar-refractivity contribution in [3.8, 4) is 0 Å². The van der Waals surface area contributed by atoms with E-state index in [0.29, 0.717) is 11.8 Å². The molecule has 0 saturated carbocycles. The quantitative estimate of drug-likeness (QED) is 0.789. The van der Waals surface area contributed by atoms with Crippen molar-refractivity contribution < 1.29 is 4.39 Å². The van der Waals surface area contributed by atoms with Crippen LogP contribution in [-0.4, -0.2) is 6.54 Å². The second-order valence-electron chi connectivity index (χ2n) is 5.95. The lowest BCUT2D eigenvalue weighted by molar-refractivity contribution is 0.364. The molecule has 1 nitrogen and oxygen atoms in total. The summed E-state index contributed by atoms with van der Waals surface area (Å²) in [5, 5.41) is 3.48. The van der Waals surface area contributed by atoms with Gasteiger partial charge in [-0.25, -0.2) is 4.39 Å². The number of nitrogens with one attached hydrogen (secondary N) is 1. The van der Waals surface area contributed by atoms with Crippen LogP contribution in [0.4, 0.5) is 4.39 Å². The number of hydrogen-bond donors (Lipinski definition) is 1.